The van der Waals surface area contributed by atoms with E-state index in [2.05, 4.69) is 17.1 Å². The maximum atomic E-state index is 6.55. The predicted octanol–water partition coefficient (Wildman–Crippen LogP) is 3.19. The molecule has 2 N–H and O–H groups in total. The van der Waals surface area contributed by atoms with Gasteiger partial charge >= 0.3 is 0 Å². The molecular weight excluding hydrogens is 236 g/mol. The summed E-state index contributed by atoms with van der Waals surface area (Å²) >= 11 is 0. The van der Waals surface area contributed by atoms with Crippen molar-refractivity contribution in [2.24, 2.45) is 5.73 Å². The Labute approximate surface area is 113 Å². The number of methoxy groups -OCH3 is 1. The van der Waals surface area contributed by atoms with Crippen molar-refractivity contribution in [3.8, 4) is 0 Å². The molecule has 2 aromatic rings. The maximum absolute atomic E-state index is 6.55. The first-order valence-electron chi connectivity index (χ1n) is 6.90. The van der Waals surface area contributed by atoms with Crippen LogP contribution >= 0.6 is 0 Å². The molecule has 0 radical (unpaired) electrons. The number of benzene rings is 1. The largest absolute Gasteiger partial charge is 0.376 e. The molecule has 3 nitrogen and oxygen atoms in total. The van der Waals surface area contributed by atoms with Crippen molar-refractivity contribution in [1.29, 1.82) is 0 Å². The maximum Gasteiger partial charge on any atom is 0.0871 e. The first-order valence-corrected chi connectivity index (χ1v) is 6.90. The van der Waals surface area contributed by atoms with Gasteiger partial charge in [-0.05, 0) is 23.8 Å². The molecule has 100 valence electrons. The third kappa shape index (κ3) is 2.03. The Morgan fingerprint density at radius 3 is 2.68 bits per heavy atom. The molecule has 1 heterocycles. The van der Waals surface area contributed by atoms with Gasteiger partial charge in [-0.25, -0.2) is 0 Å². The number of fused-ring (bicyclic) bond motifs is 1. The molecule has 1 atom stereocenters. The number of hydrogen-bond acceptors (Lipinski definition) is 3. The Morgan fingerprint density at radius 1 is 1.21 bits per heavy atom. The van der Waals surface area contributed by atoms with Crippen LogP contribution in [0.3, 0.4) is 0 Å². The van der Waals surface area contributed by atoms with Crippen LogP contribution in [0.1, 0.15) is 37.3 Å². The van der Waals surface area contributed by atoms with Crippen molar-refractivity contribution in [2.75, 3.05) is 7.11 Å². The molecule has 3 rings (SSSR count). The van der Waals surface area contributed by atoms with Gasteiger partial charge in [-0.3, -0.25) is 4.98 Å². The summed E-state index contributed by atoms with van der Waals surface area (Å²) in [5, 5.41) is 2.33. The highest BCUT2D eigenvalue weighted by Gasteiger charge is 2.41. The van der Waals surface area contributed by atoms with Crippen LogP contribution in [0.2, 0.25) is 0 Å². The van der Waals surface area contributed by atoms with Crippen molar-refractivity contribution < 1.29 is 4.74 Å². The molecular formula is C16H20N2O. The highest BCUT2D eigenvalue weighted by Crippen LogP contribution is 2.42. The topological polar surface area (TPSA) is 48.1 Å². The minimum atomic E-state index is -0.216. The molecule has 0 amide bonds. The van der Waals surface area contributed by atoms with Crippen LogP contribution in [0.4, 0.5) is 0 Å². The van der Waals surface area contributed by atoms with Crippen LogP contribution in [0, 0.1) is 0 Å². The van der Waals surface area contributed by atoms with E-state index in [1.54, 1.807) is 7.11 Å². The van der Waals surface area contributed by atoms with Gasteiger partial charge in [0.15, 0.2) is 0 Å². The summed E-state index contributed by atoms with van der Waals surface area (Å²) in [4.78, 5) is 4.34. The van der Waals surface area contributed by atoms with Crippen LogP contribution in [0.5, 0.6) is 0 Å². The van der Waals surface area contributed by atoms with Crippen LogP contribution in [0.25, 0.3) is 10.8 Å². The van der Waals surface area contributed by atoms with Gasteiger partial charge in [-0.1, -0.05) is 37.1 Å². The van der Waals surface area contributed by atoms with Gasteiger partial charge in [-0.15, -0.1) is 0 Å². The minimum absolute atomic E-state index is 0.112. The van der Waals surface area contributed by atoms with Gasteiger partial charge in [0.2, 0.25) is 0 Å². The van der Waals surface area contributed by atoms with E-state index >= 15 is 0 Å². The lowest BCUT2D eigenvalue weighted by Crippen LogP contribution is -2.40. The zero-order valence-corrected chi connectivity index (χ0v) is 11.3. The molecule has 1 fully saturated rings. The van der Waals surface area contributed by atoms with E-state index in [4.69, 9.17) is 10.5 Å². The molecule has 1 aliphatic carbocycles. The van der Waals surface area contributed by atoms with Crippen LogP contribution in [0.15, 0.2) is 36.7 Å². The molecule has 0 saturated heterocycles. The Kier molecular flexibility index (Phi) is 3.25. The fourth-order valence-electron chi connectivity index (χ4n) is 3.29. The van der Waals surface area contributed by atoms with Gasteiger partial charge < -0.3 is 10.5 Å². The Balaban J connectivity index is 2.08. The van der Waals surface area contributed by atoms with Gasteiger partial charge in [0.1, 0.15) is 0 Å². The lowest BCUT2D eigenvalue weighted by atomic mass is 9.86. The van der Waals surface area contributed by atoms with E-state index < -0.39 is 0 Å². The zero-order valence-electron chi connectivity index (χ0n) is 11.3. The lowest BCUT2D eigenvalue weighted by Gasteiger charge is -2.34. The van der Waals surface area contributed by atoms with Crippen molar-refractivity contribution >= 4 is 10.8 Å². The fraction of sp³-hybridized carbons (Fsp3) is 0.438. The number of nitrogens with zero attached hydrogens (tertiary/aromatic N) is 1. The normalized spacial score (nSPS) is 19.7. The summed E-state index contributed by atoms with van der Waals surface area (Å²) in [6.07, 6.45) is 8.24. The van der Waals surface area contributed by atoms with Crippen molar-refractivity contribution in [1.82, 2.24) is 4.98 Å². The molecule has 1 aliphatic rings. The van der Waals surface area contributed by atoms with Gasteiger partial charge in [0, 0.05) is 24.9 Å². The molecule has 1 saturated carbocycles. The lowest BCUT2D eigenvalue weighted by molar-refractivity contribution is -0.0261. The molecule has 0 aliphatic heterocycles. The van der Waals surface area contributed by atoms with E-state index in [1.807, 2.05) is 24.5 Å². The number of nitrogens with two attached hydrogens (primary N) is 1. The van der Waals surface area contributed by atoms with Gasteiger partial charge in [0.05, 0.1) is 11.6 Å². The average molecular weight is 256 g/mol. The molecule has 1 unspecified atom stereocenters. The number of rotatable bonds is 3. The van der Waals surface area contributed by atoms with Crippen LogP contribution in [-0.4, -0.2) is 17.7 Å². The van der Waals surface area contributed by atoms with E-state index in [0.717, 1.165) is 23.8 Å². The monoisotopic (exact) mass is 256 g/mol. The average Bonchev–Trinajstić information content (AvgIpc) is 2.96. The smallest absolute Gasteiger partial charge is 0.0871 e. The van der Waals surface area contributed by atoms with Gasteiger partial charge in [-0.2, -0.15) is 0 Å². The first-order chi connectivity index (χ1) is 9.27. The molecule has 19 heavy (non-hydrogen) atoms. The second kappa shape index (κ2) is 4.91. The molecule has 3 heteroatoms. The summed E-state index contributed by atoms with van der Waals surface area (Å²) < 4.78 is 5.81. The second-order valence-electron chi connectivity index (χ2n) is 5.40. The third-order valence-electron chi connectivity index (χ3n) is 4.46. The van der Waals surface area contributed by atoms with Crippen LogP contribution < -0.4 is 5.73 Å². The second-order valence-corrected chi connectivity index (χ2v) is 5.40. The number of aromatic nitrogens is 1. The first kappa shape index (κ1) is 12.6. The Bertz CT molecular complexity index is 570. The van der Waals surface area contributed by atoms with E-state index in [-0.39, 0.29) is 11.6 Å². The number of pyridine rings is 1. The standard InChI is InChI=1S/C16H20N2O/c1-19-16(8-4-5-9-16)15(17)14-11-18-10-12-6-2-3-7-13(12)14/h2-3,6-7,10-11,15H,4-5,8-9,17H2,1H3. The quantitative estimate of drug-likeness (QED) is 0.917. The van der Waals surface area contributed by atoms with Gasteiger partial charge in [0.25, 0.3) is 0 Å². The summed E-state index contributed by atoms with van der Waals surface area (Å²) in [6.45, 7) is 0. The van der Waals surface area contributed by atoms with Crippen molar-refractivity contribution in [3.63, 3.8) is 0 Å². The highest BCUT2D eigenvalue weighted by molar-refractivity contribution is 5.85. The molecule has 0 bridgehead atoms. The molecule has 1 aromatic carbocycles. The molecule has 0 spiro atoms. The number of hydrogen-bond donors (Lipinski definition) is 1. The Morgan fingerprint density at radius 2 is 1.95 bits per heavy atom. The minimum Gasteiger partial charge on any atom is -0.376 e. The summed E-state index contributed by atoms with van der Waals surface area (Å²) in [7, 11) is 1.78. The summed E-state index contributed by atoms with van der Waals surface area (Å²) in [5.41, 5.74) is 7.43. The fourth-order valence-corrected chi connectivity index (χ4v) is 3.29. The summed E-state index contributed by atoms with van der Waals surface area (Å²) in [5.74, 6) is 0. The SMILES string of the molecule is COC1(C(N)c2cncc3ccccc23)CCCC1. The zero-order chi connectivity index (χ0) is 13.3. The molecule has 1 aromatic heterocycles. The van der Waals surface area contributed by atoms with Crippen LogP contribution in [-0.2, 0) is 4.74 Å². The van der Waals surface area contributed by atoms with Crippen molar-refractivity contribution in [2.45, 2.75) is 37.3 Å². The summed E-state index contributed by atoms with van der Waals surface area (Å²) in [6, 6.07) is 8.16. The van der Waals surface area contributed by atoms with E-state index in [9.17, 15) is 0 Å². The highest BCUT2D eigenvalue weighted by atomic mass is 16.5. The predicted molar refractivity (Wildman–Crippen MR) is 76.9 cm³/mol. The van der Waals surface area contributed by atoms with E-state index in [0.29, 0.717) is 0 Å². The third-order valence-corrected chi connectivity index (χ3v) is 4.46. The number of ether oxygens (including phenoxy) is 1. The van der Waals surface area contributed by atoms with E-state index in [1.165, 1.54) is 18.2 Å². The van der Waals surface area contributed by atoms with Crippen molar-refractivity contribution in [3.05, 3.63) is 42.2 Å². The Hall–Kier alpha value is -1.45.